The zero-order chi connectivity index (χ0) is 14.4. The fourth-order valence-electron chi connectivity index (χ4n) is 2.04. The number of aromatic nitrogens is 3. The van der Waals surface area contributed by atoms with Crippen LogP contribution in [-0.2, 0) is 11.2 Å². The Kier molecular flexibility index (Phi) is 5.09. The summed E-state index contributed by atoms with van der Waals surface area (Å²) in [6.07, 6.45) is 7.34. The average Bonchev–Trinajstić information content (AvgIpc) is 2.85. The standard InChI is InChI=1S/C15H22N4O/c1-3-5-7-13-18-12-9-11(10-16-15(12)19-13)17-14(20)8-6-4-2/h9-10H,3-8H2,1-2H3,(H,17,20)(H,16,18,19). The lowest BCUT2D eigenvalue weighted by molar-refractivity contribution is -0.116. The van der Waals surface area contributed by atoms with Crippen molar-refractivity contribution in [2.45, 2.75) is 52.4 Å². The van der Waals surface area contributed by atoms with E-state index in [1.165, 1.54) is 0 Å². The normalized spacial score (nSPS) is 10.9. The number of imidazole rings is 1. The van der Waals surface area contributed by atoms with E-state index < -0.39 is 0 Å². The van der Waals surface area contributed by atoms with Crippen LogP contribution in [-0.4, -0.2) is 20.9 Å². The van der Waals surface area contributed by atoms with Crippen LogP contribution in [0.4, 0.5) is 5.69 Å². The van der Waals surface area contributed by atoms with Crippen LogP contribution in [0.3, 0.4) is 0 Å². The molecular weight excluding hydrogens is 252 g/mol. The first-order chi connectivity index (χ1) is 9.72. The zero-order valence-electron chi connectivity index (χ0n) is 12.2. The van der Waals surface area contributed by atoms with Gasteiger partial charge in [0, 0.05) is 12.8 Å². The molecule has 0 unspecified atom stereocenters. The molecule has 2 aromatic heterocycles. The fourth-order valence-corrected chi connectivity index (χ4v) is 2.04. The Hall–Kier alpha value is -1.91. The molecule has 0 saturated heterocycles. The first-order valence-corrected chi connectivity index (χ1v) is 7.37. The number of aromatic amines is 1. The van der Waals surface area contributed by atoms with Gasteiger partial charge in [-0.05, 0) is 18.9 Å². The number of anilines is 1. The second kappa shape index (κ2) is 7.03. The molecule has 0 aromatic carbocycles. The van der Waals surface area contributed by atoms with E-state index >= 15 is 0 Å². The van der Waals surface area contributed by atoms with E-state index in [2.05, 4.69) is 34.1 Å². The number of unbranched alkanes of at least 4 members (excludes halogenated alkanes) is 2. The van der Waals surface area contributed by atoms with Crippen LogP contribution in [0.15, 0.2) is 12.3 Å². The van der Waals surface area contributed by atoms with Crippen molar-refractivity contribution in [2.75, 3.05) is 5.32 Å². The van der Waals surface area contributed by atoms with Gasteiger partial charge in [0.25, 0.3) is 0 Å². The molecule has 2 heterocycles. The van der Waals surface area contributed by atoms with Crippen LogP contribution in [0.25, 0.3) is 11.2 Å². The van der Waals surface area contributed by atoms with Gasteiger partial charge in [0.05, 0.1) is 17.4 Å². The molecule has 2 aromatic rings. The lowest BCUT2D eigenvalue weighted by Crippen LogP contribution is -2.11. The van der Waals surface area contributed by atoms with Crippen LogP contribution >= 0.6 is 0 Å². The Balaban J connectivity index is 2.06. The average molecular weight is 274 g/mol. The lowest BCUT2D eigenvalue weighted by Gasteiger charge is -2.03. The number of fused-ring (bicyclic) bond motifs is 1. The number of H-pyrrole nitrogens is 1. The second-order valence-corrected chi connectivity index (χ2v) is 5.03. The molecule has 0 spiro atoms. The third kappa shape index (κ3) is 3.79. The van der Waals surface area contributed by atoms with Gasteiger partial charge in [-0.3, -0.25) is 4.79 Å². The molecule has 1 amide bonds. The Morgan fingerprint density at radius 1 is 1.30 bits per heavy atom. The van der Waals surface area contributed by atoms with Gasteiger partial charge in [-0.15, -0.1) is 0 Å². The van der Waals surface area contributed by atoms with E-state index in [1.807, 2.05) is 6.07 Å². The van der Waals surface area contributed by atoms with Crippen molar-refractivity contribution in [1.82, 2.24) is 15.0 Å². The van der Waals surface area contributed by atoms with Crippen molar-refractivity contribution < 1.29 is 4.79 Å². The quantitative estimate of drug-likeness (QED) is 0.812. The van der Waals surface area contributed by atoms with Crippen molar-refractivity contribution in [3.63, 3.8) is 0 Å². The van der Waals surface area contributed by atoms with Crippen LogP contribution in [0.5, 0.6) is 0 Å². The smallest absolute Gasteiger partial charge is 0.224 e. The summed E-state index contributed by atoms with van der Waals surface area (Å²) in [4.78, 5) is 23.7. The molecule has 108 valence electrons. The molecule has 0 aliphatic heterocycles. The highest BCUT2D eigenvalue weighted by Gasteiger charge is 2.07. The Morgan fingerprint density at radius 3 is 2.85 bits per heavy atom. The lowest BCUT2D eigenvalue weighted by atomic mass is 10.2. The zero-order valence-corrected chi connectivity index (χ0v) is 12.2. The predicted octanol–water partition coefficient (Wildman–Crippen LogP) is 3.43. The number of amides is 1. The number of carbonyl (C=O) groups excluding carboxylic acids is 1. The van der Waals surface area contributed by atoms with Gasteiger partial charge in [-0.25, -0.2) is 9.97 Å². The van der Waals surface area contributed by atoms with E-state index in [-0.39, 0.29) is 5.91 Å². The number of aryl methyl sites for hydroxylation is 1. The molecule has 0 aliphatic carbocycles. The summed E-state index contributed by atoms with van der Waals surface area (Å²) in [5.41, 5.74) is 2.32. The van der Waals surface area contributed by atoms with Gasteiger partial charge in [-0.2, -0.15) is 0 Å². The molecule has 0 radical (unpaired) electrons. The maximum absolute atomic E-state index is 11.7. The summed E-state index contributed by atoms with van der Waals surface area (Å²) in [5.74, 6) is 1.00. The monoisotopic (exact) mass is 274 g/mol. The van der Waals surface area contributed by atoms with Crippen LogP contribution in [0, 0.1) is 0 Å². The molecule has 2 N–H and O–H groups in total. The largest absolute Gasteiger partial charge is 0.341 e. The van der Waals surface area contributed by atoms with Crippen molar-refractivity contribution in [3.05, 3.63) is 18.1 Å². The Labute approximate surface area is 119 Å². The van der Waals surface area contributed by atoms with Crippen LogP contribution in [0.1, 0.15) is 51.8 Å². The van der Waals surface area contributed by atoms with Gasteiger partial charge in [0.15, 0.2) is 5.65 Å². The minimum Gasteiger partial charge on any atom is -0.341 e. The molecular formula is C15H22N4O. The summed E-state index contributed by atoms with van der Waals surface area (Å²) in [5, 5.41) is 2.87. The SMILES string of the molecule is CCCCC(=O)Nc1cnc2nc(CCCC)[nH]c2c1. The van der Waals surface area contributed by atoms with E-state index in [1.54, 1.807) is 6.20 Å². The Morgan fingerprint density at radius 2 is 2.10 bits per heavy atom. The predicted molar refractivity (Wildman–Crippen MR) is 80.7 cm³/mol. The van der Waals surface area contributed by atoms with Crippen molar-refractivity contribution in [1.29, 1.82) is 0 Å². The van der Waals surface area contributed by atoms with Crippen molar-refractivity contribution >= 4 is 22.8 Å². The first-order valence-electron chi connectivity index (χ1n) is 7.37. The first kappa shape index (κ1) is 14.5. The summed E-state index contributed by atoms with van der Waals surface area (Å²) >= 11 is 0. The maximum atomic E-state index is 11.7. The van der Waals surface area contributed by atoms with Gasteiger partial charge in [0.1, 0.15) is 5.82 Å². The highest BCUT2D eigenvalue weighted by Crippen LogP contribution is 2.16. The Bertz CT molecular complexity index is 576. The van der Waals surface area contributed by atoms with Gasteiger partial charge >= 0.3 is 0 Å². The summed E-state index contributed by atoms with van der Waals surface area (Å²) in [6.45, 7) is 4.23. The van der Waals surface area contributed by atoms with Gasteiger partial charge in [-0.1, -0.05) is 26.7 Å². The van der Waals surface area contributed by atoms with Crippen molar-refractivity contribution in [3.8, 4) is 0 Å². The number of nitrogens with one attached hydrogen (secondary N) is 2. The van der Waals surface area contributed by atoms with Crippen molar-refractivity contribution in [2.24, 2.45) is 0 Å². The highest BCUT2D eigenvalue weighted by atomic mass is 16.1. The summed E-state index contributed by atoms with van der Waals surface area (Å²) in [7, 11) is 0. The van der Waals surface area contributed by atoms with E-state index in [0.717, 1.165) is 49.1 Å². The number of pyridine rings is 1. The van der Waals surface area contributed by atoms with E-state index in [4.69, 9.17) is 0 Å². The van der Waals surface area contributed by atoms with Crippen LogP contribution in [0.2, 0.25) is 0 Å². The third-order valence-electron chi connectivity index (χ3n) is 3.19. The molecule has 0 bridgehead atoms. The molecule has 0 fully saturated rings. The van der Waals surface area contributed by atoms with Gasteiger partial charge in [0.2, 0.25) is 5.91 Å². The maximum Gasteiger partial charge on any atom is 0.224 e. The molecule has 2 rings (SSSR count). The van der Waals surface area contributed by atoms with Gasteiger partial charge < -0.3 is 10.3 Å². The number of hydrogen-bond acceptors (Lipinski definition) is 3. The van der Waals surface area contributed by atoms with E-state index in [0.29, 0.717) is 12.1 Å². The van der Waals surface area contributed by atoms with Crippen LogP contribution < -0.4 is 5.32 Å². The molecule has 0 aliphatic rings. The minimum absolute atomic E-state index is 0.0405. The topological polar surface area (TPSA) is 70.7 Å². The molecule has 0 atom stereocenters. The van der Waals surface area contributed by atoms with E-state index in [9.17, 15) is 4.79 Å². The fraction of sp³-hybridized carbons (Fsp3) is 0.533. The number of hydrogen-bond donors (Lipinski definition) is 2. The summed E-state index contributed by atoms with van der Waals surface area (Å²) < 4.78 is 0. The molecule has 0 saturated carbocycles. The second-order valence-electron chi connectivity index (χ2n) is 5.03. The third-order valence-corrected chi connectivity index (χ3v) is 3.19. The molecule has 20 heavy (non-hydrogen) atoms. The summed E-state index contributed by atoms with van der Waals surface area (Å²) in [6, 6.07) is 1.90. The highest BCUT2D eigenvalue weighted by molar-refractivity contribution is 5.92. The molecule has 5 nitrogen and oxygen atoms in total. The number of carbonyl (C=O) groups is 1. The minimum atomic E-state index is 0.0405. The number of rotatable bonds is 7. The number of nitrogens with zero attached hydrogens (tertiary/aromatic N) is 2. The molecule has 5 heteroatoms.